The maximum absolute atomic E-state index is 13.0. The Bertz CT molecular complexity index is 1050. The van der Waals surface area contributed by atoms with Crippen LogP contribution >= 0.6 is 0 Å². The van der Waals surface area contributed by atoms with E-state index in [-0.39, 0.29) is 11.8 Å². The van der Waals surface area contributed by atoms with E-state index in [0.29, 0.717) is 43.9 Å². The maximum atomic E-state index is 13.0. The van der Waals surface area contributed by atoms with E-state index in [1.165, 1.54) is 0 Å². The van der Waals surface area contributed by atoms with Crippen LogP contribution in [0.3, 0.4) is 0 Å². The summed E-state index contributed by atoms with van der Waals surface area (Å²) in [7, 11) is 0. The van der Waals surface area contributed by atoms with Gasteiger partial charge in [0.1, 0.15) is 0 Å². The number of hydrogen-bond donors (Lipinski definition) is 0. The zero-order valence-corrected chi connectivity index (χ0v) is 17.3. The number of aryl methyl sites for hydroxylation is 2. The zero-order chi connectivity index (χ0) is 21.1. The van der Waals surface area contributed by atoms with Crippen LogP contribution in [0, 0.1) is 13.8 Å². The van der Waals surface area contributed by atoms with Crippen LogP contribution in [0.2, 0.25) is 0 Å². The Morgan fingerprint density at radius 3 is 2.17 bits per heavy atom. The number of amides is 2. The minimum atomic E-state index is -0.0397. The summed E-state index contributed by atoms with van der Waals surface area (Å²) in [5.74, 6) is -0.0409. The molecule has 1 fully saturated rings. The van der Waals surface area contributed by atoms with Crippen molar-refractivity contribution in [1.29, 1.82) is 0 Å². The quantitative estimate of drug-likeness (QED) is 0.671. The predicted molar refractivity (Wildman–Crippen MR) is 113 cm³/mol. The molecule has 0 saturated carbocycles. The molecule has 0 bridgehead atoms. The summed E-state index contributed by atoms with van der Waals surface area (Å²) >= 11 is 0. The largest absolute Gasteiger partial charge is 0.335 e. The van der Waals surface area contributed by atoms with Gasteiger partial charge in [-0.2, -0.15) is 5.10 Å². The van der Waals surface area contributed by atoms with Crippen LogP contribution in [0.4, 0.5) is 0 Å². The number of pyridine rings is 1. The van der Waals surface area contributed by atoms with Crippen molar-refractivity contribution in [2.24, 2.45) is 0 Å². The molecular weight excluding hydrogens is 378 g/mol. The van der Waals surface area contributed by atoms with Crippen molar-refractivity contribution in [2.45, 2.75) is 20.4 Å². The molecule has 154 valence electrons. The smallest absolute Gasteiger partial charge is 0.255 e. The second-order valence-electron chi connectivity index (χ2n) is 7.61. The van der Waals surface area contributed by atoms with Crippen LogP contribution in [-0.4, -0.2) is 62.6 Å². The van der Waals surface area contributed by atoms with Crippen LogP contribution in [-0.2, 0) is 6.54 Å². The number of nitrogens with zero attached hydrogens (tertiary/aromatic N) is 5. The lowest BCUT2D eigenvalue weighted by Gasteiger charge is -2.34. The Balaban J connectivity index is 1.39. The number of piperazine rings is 1. The summed E-state index contributed by atoms with van der Waals surface area (Å²) in [6.45, 7) is 6.71. The number of carbonyl (C=O) groups is 2. The average Bonchev–Trinajstić information content (AvgIpc) is 3.10. The number of hydrogen-bond acceptors (Lipinski definition) is 4. The molecule has 1 aliphatic rings. The second kappa shape index (κ2) is 8.49. The van der Waals surface area contributed by atoms with E-state index in [2.05, 4.69) is 10.1 Å². The number of benzene rings is 1. The fourth-order valence-corrected chi connectivity index (χ4v) is 3.78. The highest BCUT2D eigenvalue weighted by molar-refractivity contribution is 5.96. The van der Waals surface area contributed by atoms with Crippen molar-refractivity contribution < 1.29 is 9.59 Å². The second-order valence-corrected chi connectivity index (χ2v) is 7.61. The maximum Gasteiger partial charge on any atom is 0.255 e. The molecular formula is C23H25N5O2. The first-order valence-corrected chi connectivity index (χ1v) is 10.1. The molecule has 4 rings (SSSR count). The highest BCUT2D eigenvalue weighted by Gasteiger charge is 2.25. The van der Waals surface area contributed by atoms with E-state index < -0.39 is 0 Å². The Kier molecular flexibility index (Phi) is 5.61. The van der Waals surface area contributed by atoms with Crippen molar-refractivity contribution in [3.05, 3.63) is 82.9 Å². The van der Waals surface area contributed by atoms with Crippen molar-refractivity contribution in [3.63, 3.8) is 0 Å². The standard InChI is InChI=1S/C23H25N5O2/c1-17-13-18(2)28(25-17)16-19-5-3-6-20(14-19)22(29)26-9-11-27(12-10-26)23(30)21-7-4-8-24-15-21/h3-8,13-15H,9-12,16H2,1-2H3. The fourth-order valence-electron chi connectivity index (χ4n) is 3.78. The van der Waals surface area contributed by atoms with Gasteiger partial charge in [0.15, 0.2) is 0 Å². The van der Waals surface area contributed by atoms with E-state index in [1.807, 2.05) is 53.8 Å². The Morgan fingerprint density at radius 2 is 1.57 bits per heavy atom. The topological polar surface area (TPSA) is 71.3 Å². The van der Waals surface area contributed by atoms with Gasteiger partial charge in [-0.25, -0.2) is 0 Å². The molecule has 3 aromatic rings. The molecule has 0 atom stereocenters. The third kappa shape index (κ3) is 4.25. The van der Waals surface area contributed by atoms with Crippen LogP contribution in [0.1, 0.15) is 37.7 Å². The first-order valence-electron chi connectivity index (χ1n) is 10.1. The van der Waals surface area contributed by atoms with Gasteiger partial charge in [-0.05, 0) is 49.7 Å². The Labute approximate surface area is 175 Å². The highest BCUT2D eigenvalue weighted by Crippen LogP contribution is 2.14. The van der Waals surface area contributed by atoms with E-state index in [9.17, 15) is 9.59 Å². The molecule has 0 aliphatic carbocycles. The molecule has 1 aromatic carbocycles. The van der Waals surface area contributed by atoms with Crippen molar-refractivity contribution in [1.82, 2.24) is 24.6 Å². The van der Waals surface area contributed by atoms with Crippen molar-refractivity contribution >= 4 is 11.8 Å². The summed E-state index contributed by atoms with van der Waals surface area (Å²) in [6.07, 6.45) is 3.23. The van der Waals surface area contributed by atoms with Crippen LogP contribution in [0.25, 0.3) is 0 Å². The summed E-state index contributed by atoms with van der Waals surface area (Å²) in [6, 6.07) is 13.3. The number of rotatable bonds is 4. The van der Waals surface area contributed by atoms with E-state index in [1.54, 1.807) is 29.4 Å². The Morgan fingerprint density at radius 1 is 0.900 bits per heavy atom. The molecule has 1 aliphatic heterocycles. The molecule has 3 heterocycles. The van der Waals surface area contributed by atoms with Gasteiger partial charge >= 0.3 is 0 Å². The van der Waals surface area contributed by atoms with Crippen LogP contribution < -0.4 is 0 Å². The summed E-state index contributed by atoms with van der Waals surface area (Å²) in [4.78, 5) is 33.2. The molecule has 0 unspecified atom stereocenters. The van der Waals surface area contributed by atoms with Crippen LogP contribution in [0.5, 0.6) is 0 Å². The van der Waals surface area contributed by atoms with Gasteiger partial charge in [-0.3, -0.25) is 19.3 Å². The van der Waals surface area contributed by atoms with Crippen molar-refractivity contribution in [3.8, 4) is 0 Å². The molecule has 0 N–H and O–H groups in total. The lowest BCUT2D eigenvalue weighted by molar-refractivity contribution is 0.0535. The van der Waals surface area contributed by atoms with Gasteiger partial charge in [0.05, 0.1) is 17.8 Å². The lowest BCUT2D eigenvalue weighted by atomic mass is 10.1. The summed E-state index contributed by atoms with van der Waals surface area (Å²) in [5, 5.41) is 4.50. The average molecular weight is 403 g/mol. The minimum absolute atomic E-state index is 0.00121. The molecule has 30 heavy (non-hydrogen) atoms. The van der Waals surface area contributed by atoms with Gasteiger partial charge in [-0.1, -0.05) is 12.1 Å². The third-order valence-electron chi connectivity index (χ3n) is 5.37. The third-order valence-corrected chi connectivity index (χ3v) is 5.37. The molecule has 7 heteroatoms. The molecule has 2 aromatic heterocycles. The predicted octanol–water partition coefficient (Wildman–Crippen LogP) is 2.54. The van der Waals surface area contributed by atoms with E-state index in [4.69, 9.17) is 0 Å². The van der Waals surface area contributed by atoms with Crippen molar-refractivity contribution in [2.75, 3.05) is 26.2 Å². The van der Waals surface area contributed by atoms with Gasteiger partial charge < -0.3 is 9.80 Å². The lowest BCUT2D eigenvalue weighted by Crippen LogP contribution is -2.50. The molecule has 2 amide bonds. The Hall–Kier alpha value is -3.48. The molecule has 0 radical (unpaired) electrons. The minimum Gasteiger partial charge on any atom is -0.335 e. The van der Waals surface area contributed by atoms with E-state index >= 15 is 0 Å². The molecule has 0 spiro atoms. The number of carbonyl (C=O) groups excluding carboxylic acids is 2. The van der Waals surface area contributed by atoms with E-state index in [0.717, 1.165) is 17.0 Å². The number of aromatic nitrogens is 3. The summed E-state index contributed by atoms with van der Waals surface area (Å²) in [5.41, 5.74) is 4.37. The van der Waals surface area contributed by atoms with Gasteiger partial charge in [0.2, 0.25) is 0 Å². The molecule has 1 saturated heterocycles. The van der Waals surface area contributed by atoms with Gasteiger partial charge in [-0.15, -0.1) is 0 Å². The zero-order valence-electron chi connectivity index (χ0n) is 17.3. The first-order chi connectivity index (χ1) is 14.5. The van der Waals surface area contributed by atoms with Gasteiger partial charge in [0, 0.05) is 49.8 Å². The normalized spacial score (nSPS) is 14.1. The monoisotopic (exact) mass is 403 g/mol. The fraction of sp³-hybridized carbons (Fsp3) is 0.304. The summed E-state index contributed by atoms with van der Waals surface area (Å²) < 4.78 is 1.95. The highest BCUT2D eigenvalue weighted by atomic mass is 16.2. The molecule has 7 nitrogen and oxygen atoms in total. The van der Waals surface area contributed by atoms with Gasteiger partial charge in [0.25, 0.3) is 11.8 Å². The SMILES string of the molecule is Cc1cc(C)n(Cc2cccc(C(=O)N3CCN(C(=O)c4cccnc4)CC3)c2)n1. The first kappa shape index (κ1) is 19.8. The van der Waals surface area contributed by atoms with Crippen LogP contribution in [0.15, 0.2) is 54.9 Å².